The number of benzene rings is 1. The Balaban J connectivity index is 1.84. The summed E-state index contributed by atoms with van der Waals surface area (Å²) in [6, 6.07) is 8.15. The van der Waals surface area contributed by atoms with Gasteiger partial charge in [0.05, 0.1) is 0 Å². The fourth-order valence-electron chi connectivity index (χ4n) is 2.16. The summed E-state index contributed by atoms with van der Waals surface area (Å²) in [6.07, 6.45) is 1.24. The van der Waals surface area contributed by atoms with Gasteiger partial charge in [-0.05, 0) is 37.2 Å². The first-order valence-corrected chi connectivity index (χ1v) is 7.58. The predicted octanol–water partition coefficient (Wildman–Crippen LogP) is 3.25. The fourth-order valence-corrected chi connectivity index (χ4v) is 2.54. The highest BCUT2D eigenvalue weighted by atomic mass is 79.9. The molecule has 1 saturated heterocycles. The summed E-state index contributed by atoms with van der Waals surface area (Å²) in [7, 11) is 0. The first-order valence-electron chi connectivity index (χ1n) is 6.08. The van der Waals surface area contributed by atoms with Gasteiger partial charge in [-0.15, -0.1) is 0 Å². The molecular formula is C13H18BrClN2. The maximum absolute atomic E-state index is 5.90. The molecule has 1 aliphatic heterocycles. The lowest BCUT2D eigenvalue weighted by Crippen LogP contribution is -2.46. The van der Waals surface area contributed by atoms with E-state index in [1.54, 1.807) is 0 Å². The molecule has 0 amide bonds. The Kier molecular flexibility index (Phi) is 5.14. The molecule has 0 bridgehead atoms. The zero-order valence-corrected chi connectivity index (χ0v) is 12.3. The first kappa shape index (κ1) is 13.2. The lowest BCUT2D eigenvalue weighted by atomic mass is 10.2. The van der Waals surface area contributed by atoms with Crippen LogP contribution in [0.1, 0.15) is 6.42 Å². The zero-order valence-electron chi connectivity index (χ0n) is 9.91. The van der Waals surface area contributed by atoms with Gasteiger partial charge in [0, 0.05) is 42.2 Å². The van der Waals surface area contributed by atoms with E-state index in [2.05, 4.69) is 37.9 Å². The largest absolute Gasteiger partial charge is 0.369 e. The standard InChI is InChI=1S/C13H18BrClN2/c14-6-1-7-16-8-10-17(11-9-16)13-4-2-12(15)3-5-13/h2-5H,1,6-11H2. The van der Waals surface area contributed by atoms with Crippen molar-refractivity contribution in [2.75, 3.05) is 43.0 Å². The Morgan fingerprint density at radius 3 is 2.29 bits per heavy atom. The van der Waals surface area contributed by atoms with Gasteiger partial charge in [-0.2, -0.15) is 0 Å². The van der Waals surface area contributed by atoms with Crippen LogP contribution in [0.4, 0.5) is 5.69 Å². The van der Waals surface area contributed by atoms with E-state index < -0.39 is 0 Å². The van der Waals surface area contributed by atoms with Crippen LogP contribution in [0, 0.1) is 0 Å². The third-order valence-electron chi connectivity index (χ3n) is 3.17. The van der Waals surface area contributed by atoms with Crippen molar-refractivity contribution in [3.8, 4) is 0 Å². The SMILES string of the molecule is Clc1ccc(N2CCN(CCCBr)CC2)cc1. The maximum Gasteiger partial charge on any atom is 0.0407 e. The quantitative estimate of drug-likeness (QED) is 0.787. The number of piperazine rings is 1. The van der Waals surface area contributed by atoms with Gasteiger partial charge in [-0.3, -0.25) is 4.90 Å². The van der Waals surface area contributed by atoms with E-state index in [9.17, 15) is 0 Å². The molecule has 2 nitrogen and oxygen atoms in total. The van der Waals surface area contributed by atoms with Crippen LogP contribution in [0.15, 0.2) is 24.3 Å². The van der Waals surface area contributed by atoms with Crippen LogP contribution < -0.4 is 4.90 Å². The minimum Gasteiger partial charge on any atom is -0.369 e. The van der Waals surface area contributed by atoms with Gasteiger partial charge in [-0.1, -0.05) is 27.5 Å². The van der Waals surface area contributed by atoms with Crippen LogP contribution in [0.25, 0.3) is 0 Å². The number of rotatable bonds is 4. The van der Waals surface area contributed by atoms with Crippen LogP contribution in [0.2, 0.25) is 5.02 Å². The van der Waals surface area contributed by atoms with Crippen molar-refractivity contribution in [2.24, 2.45) is 0 Å². The number of hydrogen-bond acceptors (Lipinski definition) is 2. The van der Waals surface area contributed by atoms with E-state index in [1.807, 2.05) is 12.1 Å². The molecule has 1 aromatic rings. The van der Waals surface area contributed by atoms with Crippen molar-refractivity contribution >= 4 is 33.2 Å². The molecule has 4 heteroatoms. The van der Waals surface area contributed by atoms with Crippen LogP contribution in [-0.4, -0.2) is 43.0 Å². The third-order valence-corrected chi connectivity index (χ3v) is 3.98. The Hall–Kier alpha value is -0.250. The van der Waals surface area contributed by atoms with E-state index in [0.29, 0.717) is 0 Å². The van der Waals surface area contributed by atoms with Gasteiger partial charge in [-0.25, -0.2) is 0 Å². The molecule has 94 valence electrons. The molecule has 0 unspecified atom stereocenters. The molecule has 1 fully saturated rings. The number of hydrogen-bond donors (Lipinski definition) is 0. The van der Waals surface area contributed by atoms with Crippen LogP contribution in [0.5, 0.6) is 0 Å². The summed E-state index contributed by atoms with van der Waals surface area (Å²) in [5.74, 6) is 0. The molecule has 1 aromatic carbocycles. The molecule has 17 heavy (non-hydrogen) atoms. The Labute approximate surface area is 117 Å². The molecule has 0 radical (unpaired) electrons. The van der Waals surface area contributed by atoms with Crippen molar-refractivity contribution in [3.63, 3.8) is 0 Å². The summed E-state index contributed by atoms with van der Waals surface area (Å²) in [6.45, 7) is 5.76. The van der Waals surface area contributed by atoms with E-state index in [-0.39, 0.29) is 0 Å². The summed E-state index contributed by atoms with van der Waals surface area (Å²) >= 11 is 9.38. The molecule has 0 spiro atoms. The normalized spacial score (nSPS) is 17.4. The van der Waals surface area contributed by atoms with E-state index in [0.717, 1.165) is 36.5 Å². The smallest absolute Gasteiger partial charge is 0.0407 e. The number of anilines is 1. The molecule has 2 rings (SSSR count). The molecule has 1 heterocycles. The minimum atomic E-state index is 0.810. The van der Waals surface area contributed by atoms with Crippen LogP contribution in [-0.2, 0) is 0 Å². The molecule has 0 N–H and O–H groups in total. The van der Waals surface area contributed by atoms with Gasteiger partial charge in [0.25, 0.3) is 0 Å². The Bertz CT molecular complexity index is 334. The monoisotopic (exact) mass is 316 g/mol. The number of nitrogens with zero attached hydrogens (tertiary/aromatic N) is 2. The molecule has 0 saturated carbocycles. The summed E-state index contributed by atoms with van der Waals surface area (Å²) in [5.41, 5.74) is 1.29. The van der Waals surface area contributed by atoms with Crippen molar-refractivity contribution < 1.29 is 0 Å². The second kappa shape index (κ2) is 6.62. The fraction of sp³-hybridized carbons (Fsp3) is 0.538. The average Bonchev–Trinajstić information content (AvgIpc) is 2.38. The topological polar surface area (TPSA) is 6.48 Å². The summed E-state index contributed by atoms with van der Waals surface area (Å²) in [4.78, 5) is 4.97. The van der Waals surface area contributed by atoms with E-state index in [4.69, 9.17) is 11.6 Å². The number of halogens is 2. The minimum absolute atomic E-state index is 0.810. The van der Waals surface area contributed by atoms with Crippen LogP contribution >= 0.6 is 27.5 Å². The molecule has 0 aliphatic carbocycles. The van der Waals surface area contributed by atoms with Crippen LogP contribution in [0.3, 0.4) is 0 Å². The van der Waals surface area contributed by atoms with Gasteiger partial charge in [0.15, 0.2) is 0 Å². The summed E-state index contributed by atoms with van der Waals surface area (Å²) < 4.78 is 0. The molecule has 0 aromatic heterocycles. The van der Waals surface area contributed by atoms with Crippen molar-refractivity contribution in [1.29, 1.82) is 0 Å². The van der Waals surface area contributed by atoms with Gasteiger partial charge >= 0.3 is 0 Å². The first-order chi connectivity index (χ1) is 8.29. The lowest BCUT2D eigenvalue weighted by molar-refractivity contribution is 0.259. The molecular weight excluding hydrogens is 300 g/mol. The average molecular weight is 318 g/mol. The second-order valence-electron chi connectivity index (χ2n) is 4.35. The van der Waals surface area contributed by atoms with Gasteiger partial charge in [0.1, 0.15) is 0 Å². The van der Waals surface area contributed by atoms with E-state index >= 15 is 0 Å². The predicted molar refractivity (Wildman–Crippen MR) is 78.5 cm³/mol. The Morgan fingerprint density at radius 2 is 1.71 bits per heavy atom. The van der Waals surface area contributed by atoms with E-state index in [1.165, 1.54) is 18.7 Å². The van der Waals surface area contributed by atoms with Crippen molar-refractivity contribution in [3.05, 3.63) is 29.3 Å². The highest BCUT2D eigenvalue weighted by molar-refractivity contribution is 9.09. The van der Waals surface area contributed by atoms with Crippen molar-refractivity contribution in [2.45, 2.75) is 6.42 Å². The highest BCUT2D eigenvalue weighted by Gasteiger charge is 2.16. The second-order valence-corrected chi connectivity index (χ2v) is 5.58. The third kappa shape index (κ3) is 3.87. The van der Waals surface area contributed by atoms with Crippen molar-refractivity contribution in [1.82, 2.24) is 4.90 Å². The van der Waals surface area contributed by atoms with Gasteiger partial charge in [0.2, 0.25) is 0 Å². The Morgan fingerprint density at radius 1 is 1.06 bits per heavy atom. The summed E-state index contributed by atoms with van der Waals surface area (Å²) in [5, 5.41) is 1.91. The highest BCUT2D eigenvalue weighted by Crippen LogP contribution is 2.19. The van der Waals surface area contributed by atoms with Gasteiger partial charge < -0.3 is 4.90 Å². The number of alkyl halides is 1. The maximum atomic E-state index is 5.90. The lowest BCUT2D eigenvalue weighted by Gasteiger charge is -2.36. The molecule has 1 aliphatic rings. The molecule has 0 atom stereocenters. The zero-order chi connectivity index (χ0) is 12.1.